The molecule has 1 fully saturated rings. The first kappa shape index (κ1) is 19.3. The molecule has 2 aliphatic heterocycles. The summed E-state index contributed by atoms with van der Waals surface area (Å²) in [5.41, 5.74) is 2.18. The highest BCUT2D eigenvalue weighted by atomic mass is 35.5. The Morgan fingerprint density at radius 2 is 1.93 bits per heavy atom. The van der Waals surface area contributed by atoms with Gasteiger partial charge in [-0.2, -0.15) is 5.10 Å². The second-order valence-corrected chi connectivity index (χ2v) is 8.07. The Hall–Kier alpha value is -2.64. The predicted octanol–water partition coefficient (Wildman–Crippen LogP) is 5.12. The minimum absolute atomic E-state index is 0.0304. The molecule has 1 saturated heterocycles. The number of halogens is 3. The number of piperidine rings is 1. The summed E-state index contributed by atoms with van der Waals surface area (Å²) < 4.78 is 39.5. The number of fused-ring (bicyclic) bond motifs is 1. The van der Waals surface area contributed by atoms with Gasteiger partial charge in [0.15, 0.2) is 11.5 Å². The maximum atomic E-state index is 14.3. The van der Waals surface area contributed by atoms with Crippen LogP contribution in [0.15, 0.2) is 36.5 Å². The number of hydrogen-bond acceptors (Lipinski definition) is 4. The molecule has 2 aliphatic rings. The van der Waals surface area contributed by atoms with E-state index in [2.05, 4.69) is 15.1 Å². The van der Waals surface area contributed by atoms with Crippen molar-refractivity contribution in [3.63, 3.8) is 0 Å². The molecule has 0 saturated carbocycles. The molecule has 156 valence electrons. The molecule has 0 amide bonds. The van der Waals surface area contributed by atoms with E-state index in [4.69, 9.17) is 21.1 Å². The maximum Gasteiger partial charge on any atom is 0.231 e. The molecular weight excluding hydrogens is 412 g/mol. The molecule has 5 nitrogen and oxygen atoms in total. The fraction of sp³-hybridized carbons (Fsp3) is 0.318. The number of likely N-dealkylation sites (tertiary alicyclic amines) is 1. The molecule has 1 N–H and O–H groups in total. The zero-order chi connectivity index (χ0) is 20.7. The molecule has 0 spiro atoms. The Bertz CT molecular complexity index is 1070. The van der Waals surface area contributed by atoms with Gasteiger partial charge >= 0.3 is 0 Å². The molecule has 5 rings (SSSR count). The molecule has 8 heteroatoms. The molecular formula is C22H20ClF2N3O2. The molecule has 2 aromatic carbocycles. The normalized spacial score (nSPS) is 18.7. The molecule has 30 heavy (non-hydrogen) atoms. The van der Waals surface area contributed by atoms with Gasteiger partial charge in [-0.25, -0.2) is 8.78 Å². The van der Waals surface area contributed by atoms with Crippen molar-refractivity contribution in [1.29, 1.82) is 0 Å². The van der Waals surface area contributed by atoms with E-state index in [1.54, 1.807) is 6.07 Å². The third kappa shape index (κ3) is 3.52. The first-order valence-electron chi connectivity index (χ1n) is 9.88. The molecule has 0 radical (unpaired) electrons. The smallest absolute Gasteiger partial charge is 0.231 e. The van der Waals surface area contributed by atoms with Gasteiger partial charge in [0.1, 0.15) is 11.6 Å². The molecule has 1 atom stereocenters. The zero-order valence-corrected chi connectivity index (χ0v) is 16.9. The van der Waals surface area contributed by atoms with Crippen molar-refractivity contribution in [2.75, 3.05) is 19.9 Å². The van der Waals surface area contributed by atoms with E-state index in [1.165, 1.54) is 24.4 Å². The van der Waals surface area contributed by atoms with Crippen LogP contribution in [0.1, 0.15) is 30.0 Å². The lowest BCUT2D eigenvalue weighted by atomic mass is 9.90. The van der Waals surface area contributed by atoms with E-state index in [9.17, 15) is 8.78 Å². The van der Waals surface area contributed by atoms with Crippen molar-refractivity contribution >= 4 is 11.6 Å². The Balaban J connectivity index is 1.38. The van der Waals surface area contributed by atoms with Crippen LogP contribution in [0.2, 0.25) is 5.02 Å². The summed E-state index contributed by atoms with van der Waals surface area (Å²) in [4.78, 5) is 2.29. The fourth-order valence-electron chi connectivity index (χ4n) is 4.32. The number of aromatic amines is 1. The summed E-state index contributed by atoms with van der Waals surface area (Å²) in [6, 6.07) is 7.61. The summed E-state index contributed by atoms with van der Waals surface area (Å²) in [7, 11) is 0. The summed E-state index contributed by atoms with van der Waals surface area (Å²) in [5.74, 6) is 0.279. The number of benzene rings is 2. The van der Waals surface area contributed by atoms with Crippen LogP contribution >= 0.6 is 11.6 Å². The van der Waals surface area contributed by atoms with Crippen molar-refractivity contribution in [3.05, 3.63) is 64.4 Å². The number of ether oxygens (including phenoxy) is 2. The quantitative estimate of drug-likeness (QED) is 0.623. The summed E-state index contributed by atoms with van der Waals surface area (Å²) >= 11 is 6.44. The highest BCUT2D eigenvalue weighted by Crippen LogP contribution is 2.39. The van der Waals surface area contributed by atoms with Crippen molar-refractivity contribution in [3.8, 4) is 22.6 Å². The number of rotatable bonds is 4. The summed E-state index contributed by atoms with van der Waals surface area (Å²) in [5, 5.41) is 7.71. The van der Waals surface area contributed by atoms with E-state index in [0.717, 1.165) is 37.2 Å². The first-order valence-corrected chi connectivity index (χ1v) is 10.3. The lowest BCUT2D eigenvalue weighted by Crippen LogP contribution is -2.34. The summed E-state index contributed by atoms with van der Waals surface area (Å²) in [6.45, 7) is 2.51. The Labute approximate surface area is 177 Å². The first-order chi connectivity index (χ1) is 14.6. The van der Waals surface area contributed by atoms with Gasteiger partial charge in [0.05, 0.1) is 11.8 Å². The highest BCUT2D eigenvalue weighted by Gasteiger charge is 2.28. The van der Waals surface area contributed by atoms with Crippen LogP contribution in [0.4, 0.5) is 8.78 Å². The standard InChI is InChI=1S/C22H20ClF2N3O2/c23-16-8-20-19(29-12-30-20)7-14(16)11-28-6-2-3-13(10-28)22-15(9-26-27-22)21-17(24)4-1-5-18(21)25/h1,4-5,7-9,13H,2-3,6,10-12H2,(H,26,27)/t13-/m0/s1. The van der Waals surface area contributed by atoms with Crippen molar-refractivity contribution in [1.82, 2.24) is 15.1 Å². The fourth-order valence-corrected chi connectivity index (χ4v) is 4.53. The second kappa shape index (κ2) is 7.89. The molecule has 0 bridgehead atoms. The van der Waals surface area contributed by atoms with Crippen molar-refractivity contribution < 1.29 is 18.3 Å². The highest BCUT2D eigenvalue weighted by molar-refractivity contribution is 6.31. The van der Waals surface area contributed by atoms with Gasteiger partial charge in [-0.15, -0.1) is 0 Å². The van der Waals surface area contributed by atoms with Gasteiger partial charge in [-0.3, -0.25) is 10.00 Å². The topological polar surface area (TPSA) is 50.4 Å². The lowest BCUT2D eigenvalue weighted by molar-refractivity contribution is 0.173. The monoisotopic (exact) mass is 431 g/mol. The van der Waals surface area contributed by atoms with Crippen molar-refractivity contribution in [2.24, 2.45) is 0 Å². The lowest BCUT2D eigenvalue weighted by Gasteiger charge is -2.33. The molecule has 0 unspecified atom stereocenters. The average Bonchev–Trinajstić information content (AvgIpc) is 3.38. The number of hydrogen-bond donors (Lipinski definition) is 1. The van der Waals surface area contributed by atoms with Crippen LogP contribution in [-0.4, -0.2) is 35.0 Å². The number of H-pyrrole nitrogens is 1. The van der Waals surface area contributed by atoms with E-state index >= 15 is 0 Å². The second-order valence-electron chi connectivity index (χ2n) is 7.67. The van der Waals surface area contributed by atoms with E-state index in [0.29, 0.717) is 28.6 Å². The van der Waals surface area contributed by atoms with Crippen LogP contribution in [0, 0.1) is 11.6 Å². The van der Waals surface area contributed by atoms with Gasteiger partial charge in [0.2, 0.25) is 6.79 Å². The zero-order valence-electron chi connectivity index (χ0n) is 16.1. The largest absolute Gasteiger partial charge is 0.454 e. The van der Waals surface area contributed by atoms with Crippen LogP contribution in [0.3, 0.4) is 0 Å². The van der Waals surface area contributed by atoms with Gasteiger partial charge in [-0.05, 0) is 43.1 Å². The van der Waals surface area contributed by atoms with Gasteiger partial charge in [0.25, 0.3) is 0 Å². The van der Waals surface area contributed by atoms with Crippen LogP contribution in [0.25, 0.3) is 11.1 Å². The van der Waals surface area contributed by atoms with Crippen LogP contribution < -0.4 is 9.47 Å². The molecule has 3 heterocycles. The number of aromatic nitrogens is 2. The number of nitrogens with zero attached hydrogens (tertiary/aromatic N) is 2. The van der Waals surface area contributed by atoms with Crippen molar-refractivity contribution in [2.45, 2.75) is 25.3 Å². The Morgan fingerprint density at radius 1 is 1.17 bits per heavy atom. The van der Waals surface area contributed by atoms with Crippen LogP contribution in [0.5, 0.6) is 11.5 Å². The summed E-state index contributed by atoms with van der Waals surface area (Å²) in [6.07, 6.45) is 3.38. The average molecular weight is 432 g/mol. The third-order valence-electron chi connectivity index (χ3n) is 5.75. The third-order valence-corrected chi connectivity index (χ3v) is 6.10. The molecule has 0 aliphatic carbocycles. The molecule has 1 aromatic heterocycles. The Kier molecular flexibility index (Phi) is 5.08. The van der Waals surface area contributed by atoms with E-state index in [-0.39, 0.29) is 18.3 Å². The Morgan fingerprint density at radius 3 is 2.73 bits per heavy atom. The van der Waals surface area contributed by atoms with Gasteiger partial charge in [0, 0.05) is 41.4 Å². The van der Waals surface area contributed by atoms with Gasteiger partial charge < -0.3 is 9.47 Å². The van der Waals surface area contributed by atoms with E-state index < -0.39 is 11.6 Å². The minimum atomic E-state index is -0.586. The minimum Gasteiger partial charge on any atom is -0.454 e. The maximum absolute atomic E-state index is 14.3. The van der Waals surface area contributed by atoms with Gasteiger partial charge in [-0.1, -0.05) is 17.7 Å². The van der Waals surface area contributed by atoms with Crippen LogP contribution in [-0.2, 0) is 6.54 Å². The molecule has 3 aromatic rings. The van der Waals surface area contributed by atoms with E-state index in [1.807, 2.05) is 6.07 Å². The predicted molar refractivity (Wildman–Crippen MR) is 109 cm³/mol. The SMILES string of the molecule is Fc1cccc(F)c1-c1cn[nH]c1[C@H]1CCCN(Cc2cc3c(cc2Cl)OCO3)C1. The number of nitrogens with one attached hydrogen (secondary N) is 1.